The number of carbonyl (C=O) groups is 1. The molecule has 0 bridgehead atoms. The lowest BCUT2D eigenvalue weighted by atomic mass is 9.95. The summed E-state index contributed by atoms with van der Waals surface area (Å²) >= 11 is 7.71. The maximum atomic E-state index is 12.3. The summed E-state index contributed by atoms with van der Waals surface area (Å²) in [6.45, 7) is 0. The van der Waals surface area contributed by atoms with Gasteiger partial charge < -0.3 is 5.32 Å². The van der Waals surface area contributed by atoms with Crippen LogP contribution in [0.15, 0.2) is 29.6 Å². The number of carbonyl (C=O) groups excluding carboxylic acids is 1. The number of amides is 1. The van der Waals surface area contributed by atoms with Crippen LogP contribution in [0, 0.1) is 0 Å². The summed E-state index contributed by atoms with van der Waals surface area (Å²) in [5, 5.41) is 6.43. The molecule has 0 unspecified atom stereocenters. The molecule has 1 amide bonds. The Labute approximate surface area is 121 Å². The van der Waals surface area contributed by atoms with E-state index < -0.39 is 0 Å². The van der Waals surface area contributed by atoms with Gasteiger partial charge >= 0.3 is 0 Å². The van der Waals surface area contributed by atoms with Gasteiger partial charge in [0.2, 0.25) is 0 Å². The van der Waals surface area contributed by atoms with Gasteiger partial charge in [-0.05, 0) is 31.7 Å². The van der Waals surface area contributed by atoms with Gasteiger partial charge in [-0.25, -0.2) is 0 Å². The van der Waals surface area contributed by atoms with E-state index >= 15 is 0 Å². The highest BCUT2D eigenvalue weighted by atomic mass is 35.5. The van der Waals surface area contributed by atoms with E-state index in [4.69, 9.17) is 11.6 Å². The van der Waals surface area contributed by atoms with E-state index in [0.29, 0.717) is 0 Å². The van der Waals surface area contributed by atoms with Crippen LogP contribution < -0.4 is 5.32 Å². The van der Waals surface area contributed by atoms with Crippen LogP contribution in [0.4, 0.5) is 0 Å². The largest absolute Gasteiger partial charge is 0.349 e. The Balaban J connectivity index is 1.73. The molecule has 0 spiro atoms. The van der Waals surface area contributed by atoms with Crippen LogP contribution in [0.25, 0.3) is 10.1 Å². The summed E-state index contributed by atoms with van der Waals surface area (Å²) in [6, 6.07) is 8.32. The Kier molecular flexibility index (Phi) is 3.76. The molecule has 1 aromatic carbocycles. The monoisotopic (exact) mass is 293 g/mol. The predicted octanol–water partition coefficient (Wildman–Crippen LogP) is 4.18. The second kappa shape index (κ2) is 5.51. The van der Waals surface area contributed by atoms with Gasteiger partial charge in [-0.3, -0.25) is 4.79 Å². The molecule has 1 aliphatic carbocycles. The lowest BCUT2D eigenvalue weighted by Gasteiger charge is -2.25. The normalized spacial score (nSPS) is 23.4. The molecule has 1 N–H and O–H groups in total. The quantitative estimate of drug-likeness (QED) is 0.827. The molecular weight excluding hydrogens is 278 g/mol. The van der Waals surface area contributed by atoms with E-state index in [1.807, 2.05) is 23.6 Å². The van der Waals surface area contributed by atoms with Crippen molar-refractivity contribution in [1.82, 2.24) is 5.32 Å². The first-order chi connectivity index (χ1) is 9.24. The molecule has 1 aliphatic rings. The van der Waals surface area contributed by atoms with Crippen LogP contribution in [0.1, 0.15) is 36.0 Å². The van der Waals surface area contributed by atoms with Crippen LogP contribution in [0.5, 0.6) is 0 Å². The van der Waals surface area contributed by atoms with Crippen molar-refractivity contribution in [2.75, 3.05) is 0 Å². The van der Waals surface area contributed by atoms with Gasteiger partial charge in [-0.2, -0.15) is 0 Å². The Hall–Kier alpha value is -1.06. The number of halogens is 1. The number of benzene rings is 1. The highest BCUT2D eigenvalue weighted by Crippen LogP contribution is 2.27. The van der Waals surface area contributed by atoms with Crippen molar-refractivity contribution in [3.8, 4) is 0 Å². The summed E-state index contributed by atoms with van der Waals surface area (Å²) in [6.07, 6.45) is 3.97. The molecular formula is C15H16ClNOS. The number of alkyl halides is 1. The third-order valence-corrected chi connectivity index (χ3v) is 5.12. The first-order valence-electron chi connectivity index (χ1n) is 6.65. The fourth-order valence-electron chi connectivity index (χ4n) is 2.61. The minimum atomic E-state index is 0.0514. The van der Waals surface area contributed by atoms with Crippen molar-refractivity contribution in [3.63, 3.8) is 0 Å². The van der Waals surface area contributed by atoms with Crippen molar-refractivity contribution in [3.05, 3.63) is 35.2 Å². The number of nitrogens with one attached hydrogen (secondary N) is 1. The van der Waals surface area contributed by atoms with Crippen LogP contribution in [0.3, 0.4) is 0 Å². The summed E-state index contributed by atoms with van der Waals surface area (Å²) in [7, 11) is 0. The van der Waals surface area contributed by atoms with Crippen LogP contribution >= 0.6 is 22.9 Å². The van der Waals surface area contributed by atoms with Crippen molar-refractivity contribution in [2.24, 2.45) is 0 Å². The number of thiophene rings is 1. The van der Waals surface area contributed by atoms with Crippen molar-refractivity contribution in [1.29, 1.82) is 0 Å². The fourth-order valence-corrected chi connectivity index (χ4v) is 3.81. The van der Waals surface area contributed by atoms with E-state index in [-0.39, 0.29) is 17.3 Å². The number of hydrogen-bond donors (Lipinski definition) is 1. The summed E-state index contributed by atoms with van der Waals surface area (Å²) in [5.74, 6) is 0.0514. The lowest BCUT2D eigenvalue weighted by Crippen LogP contribution is -2.37. The minimum Gasteiger partial charge on any atom is -0.349 e. The number of fused-ring (bicyclic) bond motifs is 1. The highest BCUT2D eigenvalue weighted by molar-refractivity contribution is 7.17. The van der Waals surface area contributed by atoms with Gasteiger partial charge in [-0.15, -0.1) is 22.9 Å². The van der Waals surface area contributed by atoms with Crippen molar-refractivity contribution >= 4 is 38.9 Å². The molecule has 1 saturated carbocycles. The highest BCUT2D eigenvalue weighted by Gasteiger charge is 2.22. The maximum absolute atomic E-state index is 12.3. The Bertz CT molecular complexity index is 587. The van der Waals surface area contributed by atoms with E-state index in [9.17, 15) is 4.79 Å². The third-order valence-electron chi connectivity index (χ3n) is 3.72. The molecule has 1 heterocycles. The fraction of sp³-hybridized carbons (Fsp3) is 0.400. The van der Waals surface area contributed by atoms with Gasteiger partial charge in [0.1, 0.15) is 0 Å². The van der Waals surface area contributed by atoms with Crippen molar-refractivity contribution < 1.29 is 4.79 Å². The van der Waals surface area contributed by atoms with E-state index in [1.54, 1.807) is 11.3 Å². The van der Waals surface area contributed by atoms with Gasteiger partial charge in [-0.1, -0.05) is 18.2 Å². The molecule has 0 aliphatic heterocycles. The standard InChI is InChI=1S/C15H16ClNOS/c16-10-5-7-11(8-6-10)17-15(18)13-9-19-14-4-2-1-3-12(13)14/h1-4,9-11H,5-8H2,(H,17,18). The SMILES string of the molecule is O=C(NC1CCC(Cl)CC1)c1csc2ccccc12. The van der Waals surface area contributed by atoms with E-state index in [2.05, 4.69) is 11.4 Å². The molecule has 2 nitrogen and oxygen atoms in total. The zero-order valence-corrected chi connectivity index (χ0v) is 12.1. The van der Waals surface area contributed by atoms with Crippen LogP contribution in [0.2, 0.25) is 0 Å². The maximum Gasteiger partial charge on any atom is 0.252 e. The van der Waals surface area contributed by atoms with Gasteiger partial charge in [0, 0.05) is 26.9 Å². The first kappa shape index (κ1) is 12.9. The number of hydrogen-bond acceptors (Lipinski definition) is 2. The molecule has 19 heavy (non-hydrogen) atoms. The lowest BCUT2D eigenvalue weighted by molar-refractivity contribution is 0.0930. The smallest absolute Gasteiger partial charge is 0.252 e. The molecule has 100 valence electrons. The second-order valence-electron chi connectivity index (χ2n) is 5.07. The Morgan fingerprint density at radius 2 is 1.95 bits per heavy atom. The van der Waals surface area contributed by atoms with E-state index in [0.717, 1.165) is 41.3 Å². The number of rotatable bonds is 2. The molecule has 1 fully saturated rings. The topological polar surface area (TPSA) is 29.1 Å². The Morgan fingerprint density at radius 1 is 1.21 bits per heavy atom. The molecule has 1 aromatic heterocycles. The van der Waals surface area contributed by atoms with Gasteiger partial charge in [0.05, 0.1) is 5.56 Å². The zero-order chi connectivity index (χ0) is 13.2. The average molecular weight is 294 g/mol. The van der Waals surface area contributed by atoms with Crippen LogP contribution in [-0.4, -0.2) is 17.3 Å². The van der Waals surface area contributed by atoms with E-state index in [1.165, 1.54) is 0 Å². The summed E-state index contributed by atoms with van der Waals surface area (Å²) in [5.41, 5.74) is 0.800. The second-order valence-corrected chi connectivity index (χ2v) is 6.60. The minimum absolute atomic E-state index is 0.0514. The molecule has 0 radical (unpaired) electrons. The average Bonchev–Trinajstić information content (AvgIpc) is 2.85. The van der Waals surface area contributed by atoms with Crippen molar-refractivity contribution in [2.45, 2.75) is 37.1 Å². The van der Waals surface area contributed by atoms with Gasteiger partial charge in [0.15, 0.2) is 0 Å². The summed E-state index contributed by atoms with van der Waals surface area (Å²) < 4.78 is 1.16. The molecule has 4 heteroatoms. The zero-order valence-electron chi connectivity index (χ0n) is 10.6. The molecule has 0 saturated heterocycles. The first-order valence-corrected chi connectivity index (χ1v) is 7.97. The van der Waals surface area contributed by atoms with Gasteiger partial charge in [0.25, 0.3) is 5.91 Å². The predicted molar refractivity (Wildman–Crippen MR) is 81.2 cm³/mol. The third kappa shape index (κ3) is 2.77. The molecule has 2 aromatic rings. The summed E-state index contributed by atoms with van der Waals surface area (Å²) in [4.78, 5) is 12.3. The molecule has 0 atom stereocenters. The Morgan fingerprint density at radius 3 is 2.74 bits per heavy atom. The van der Waals surface area contributed by atoms with Crippen LogP contribution in [-0.2, 0) is 0 Å². The molecule has 3 rings (SSSR count).